The number of ether oxygens (including phenoxy) is 2. The molecule has 0 radical (unpaired) electrons. The summed E-state index contributed by atoms with van der Waals surface area (Å²) < 4.78 is 12.6. The highest BCUT2D eigenvalue weighted by Gasteiger charge is 2.13. The first-order valence-corrected chi connectivity index (χ1v) is 11.3. The van der Waals surface area contributed by atoms with Crippen LogP contribution in [0.1, 0.15) is 20.3 Å². The Labute approximate surface area is 185 Å². The molecule has 0 bridgehead atoms. The number of hydrogen-bond acceptors (Lipinski definition) is 8. The van der Waals surface area contributed by atoms with Crippen LogP contribution in [0.4, 0.5) is 5.82 Å². The first kappa shape index (κ1) is 22.7. The van der Waals surface area contributed by atoms with Crippen molar-refractivity contribution in [2.24, 2.45) is 0 Å². The molecule has 3 rings (SSSR count). The summed E-state index contributed by atoms with van der Waals surface area (Å²) in [7, 11) is 1.56. The van der Waals surface area contributed by atoms with Gasteiger partial charge in [-0.2, -0.15) is 5.10 Å². The Morgan fingerprint density at radius 3 is 2.71 bits per heavy atom. The highest BCUT2D eigenvalue weighted by atomic mass is 32.2. The fourth-order valence-electron chi connectivity index (χ4n) is 2.90. The average Bonchev–Trinajstić information content (AvgIpc) is 3.19. The van der Waals surface area contributed by atoms with Crippen LogP contribution in [0.3, 0.4) is 0 Å². The summed E-state index contributed by atoms with van der Waals surface area (Å²) >= 11 is 1.59. The summed E-state index contributed by atoms with van der Waals surface area (Å²) in [5, 5.41) is 12.2. The molecule has 0 aliphatic heterocycles. The molecule has 0 fully saturated rings. The largest absolute Gasteiger partial charge is 0.493 e. The minimum atomic E-state index is -0.218. The SMILES string of the molecule is CCCNc1nc(SCC)nc2c1cnn2CCNC(=O)COc1ccccc1OC. The predicted molar refractivity (Wildman–Crippen MR) is 122 cm³/mol. The number of carbonyl (C=O) groups excluding carboxylic acids is 1. The van der Waals surface area contributed by atoms with E-state index in [1.54, 1.807) is 41.9 Å². The van der Waals surface area contributed by atoms with Crippen LogP contribution in [0.25, 0.3) is 11.0 Å². The maximum Gasteiger partial charge on any atom is 0.258 e. The average molecular weight is 445 g/mol. The van der Waals surface area contributed by atoms with Crippen LogP contribution >= 0.6 is 11.8 Å². The van der Waals surface area contributed by atoms with E-state index in [-0.39, 0.29) is 12.5 Å². The van der Waals surface area contributed by atoms with Crippen molar-refractivity contribution in [3.05, 3.63) is 30.5 Å². The Hall–Kier alpha value is -3.01. The number of benzene rings is 1. The Bertz CT molecular complexity index is 1010. The lowest BCUT2D eigenvalue weighted by atomic mass is 10.3. The Morgan fingerprint density at radius 2 is 1.97 bits per heavy atom. The van der Waals surface area contributed by atoms with Gasteiger partial charge in [-0.05, 0) is 24.3 Å². The van der Waals surface area contributed by atoms with E-state index in [1.807, 2.05) is 12.1 Å². The third-order valence-corrected chi connectivity index (χ3v) is 5.09. The van der Waals surface area contributed by atoms with Crippen LogP contribution in [0, 0.1) is 0 Å². The number of methoxy groups -OCH3 is 1. The van der Waals surface area contributed by atoms with Gasteiger partial charge in [-0.25, -0.2) is 14.6 Å². The van der Waals surface area contributed by atoms with Crippen molar-refractivity contribution in [2.75, 3.05) is 37.9 Å². The molecule has 2 heterocycles. The Balaban J connectivity index is 1.60. The molecule has 31 heavy (non-hydrogen) atoms. The molecule has 0 spiro atoms. The minimum Gasteiger partial charge on any atom is -0.493 e. The van der Waals surface area contributed by atoms with Crippen molar-refractivity contribution in [3.8, 4) is 11.5 Å². The molecule has 10 heteroatoms. The van der Waals surface area contributed by atoms with Gasteiger partial charge in [0.2, 0.25) is 0 Å². The van der Waals surface area contributed by atoms with Crippen molar-refractivity contribution in [2.45, 2.75) is 32.0 Å². The molecular weight excluding hydrogens is 416 g/mol. The number of thioether (sulfide) groups is 1. The molecule has 166 valence electrons. The van der Waals surface area contributed by atoms with Crippen molar-refractivity contribution in [1.82, 2.24) is 25.1 Å². The van der Waals surface area contributed by atoms with Crippen LogP contribution < -0.4 is 20.1 Å². The fraction of sp³-hybridized carbons (Fsp3) is 0.429. The van der Waals surface area contributed by atoms with E-state index < -0.39 is 0 Å². The van der Waals surface area contributed by atoms with Crippen molar-refractivity contribution < 1.29 is 14.3 Å². The van der Waals surface area contributed by atoms with Gasteiger partial charge in [0, 0.05) is 13.1 Å². The quantitative estimate of drug-likeness (QED) is 0.325. The van der Waals surface area contributed by atoms with Crippen LogP contribution in [0.15, 0.2) is 35.6 Å². The minimum absolute atomic E-state index is 0.0925. The van der Waals surface area contributed by atoms with Gasteiger partial charge < -0.3 is 20.1 Å². The fourth-order valence-corrected chi connectivity index (χ4v) is 3.47. The maximum atomic E-state index is 12.2. The number of hydrogen-bond donors (Lipinski definition) is 2. The van der Waals surface area contributed by atoms with E-state index in [0.717, 1.165) is 35.6 Å². The molecule has 2 aromatic heterocycles. The first-order chi connectivity index (χ1) is 15.2. The summed E-state index contributed by atoms with van der Waals surface area (Å²) in [5.41, 5.74) is 0.754. The number of nitrogens with one attached hydrogen (secondary N) is 2. The van der Waals surface area contributed by atoms with E-state index in [1.165, 1.54) is 0 Å². The smallest absolute Gasteiger partial charge is 0.258 e. The third kappa shape index (κ3) is 6.00. The molecule has 0 atom stereocenters. The number of amides is 1. The summed E-state index contributed by atoms with van der Waals surface area (Å²) in [6.45, 7) is 5.81. The number of anilines is 1. The lowest BCUT2D eigenvalue weighted by Crippen LogP contribution is -2.31. The summed E-state index contributed by atoms with van der Waals surface area (Å²) in [6.07, 6.45) is 2.76. The zero-order valence-corrected chi connectivity index (χ0v) is 18.9. The molecular formula is C21H28N6O3S. The number of carbonyl (C=O) groups is 1. The molecule has 0 aliphatic rings. The van der Waals surface area contributed by atoms with Crippen LogP contribution in [-0.4, -0.2) is 58.2 Å². The normalized spacial score (nSPS) is 10.8. The number of fused-ring (bicyclic) bond motifs is 1. The first-order valence-electron chi connectivity index (χ1n) is 10.3. The number of aromatic nitrogens is 4. The van der Waals surface area contributed by atoms with Gasteiger partial charge in [-0.1, -0.05) is 37.7 Å². The van der Waals surface area contributed by atoms with Gasteiger partial charge in [0.25, 0.3) is 5.91 Å². The Morgan fingerprint density at radius 1 is 1.16 bits per heavy atom. The molecule has 1 amide bonds. The van der Waals surface area contributed by atoms with Crippen molar-refractivity contribution in [3.63, 3.8) is 0 Å². The second kappa shape index (κ2) is 11.4. The van der Waals surface area contributed by atoms with E-state index in [0.29, 0.717) is 29.7 Å². The van der Waals surface area contributed by atoms with Gasteiger partial charge in [-0.15, -0.1) is 0 Å². The maximum absolute atomic E-state index is 12.2. The molecule has 0 aliphatic carbocycles. The van der Waals surface area contributed by atoms with Crippen LogP contribution in [0.5, 0.6) is 11.5 Å². The van der Waals surface area contributed by atoms with Crippen molar-refractivity contribution in [1.29, 1.82) is 0 Å². The van der Waals surface area contributed by atoms with Crippen LogP contribution in [-0.2, 0) is 11.3 Å². The standard InChI is InChI=1S/C21H28N6O3S/c1-4-10-23-19-15-13-24-27(20(15)26-21(25-19)31-5-2)12-11-22-18(28)14-30-17-9-7-6-8-16(17)29-3/h6-9,13H,4-5,10-12,14H2,1-3H3,(H,22,28)(H,23,25,26). The van der Waals surface area contributed by atoms with E-state index >= 15 is 0 Å². The molecule has 3 aromatic rings. The zero-order valence-electron chi connectivity index (χ0n) is 18.1. The molecule has 2 N–H and O–H groups in total. The van der Waals surface area contributed by atoms with Crippen LogP contribution in [0.2, 0.25) is 0 Å². The third-order valence-electron chi connectivity index (χ3n) is 4.37. The summed E-state index contributed by atoms with van der Waals surface area (Å²) in [4.78, 5) is 21.4. The molecule has 9 nitrogen and oxygen atoms in total. The van der Waals surface area contributed by atoms with E-state index in [9.17, 15) is 4.79 Å². The van der Waals surface area contributed by atoms with Crippen molar-refractivity contribution >= 4 is 34.5 Å². The second-order valence-corrected chi connectivity index (χ2v) is 7.84. The molecule has 1 aromatic carbocycles. The second-order valence-electron chi connectivity index (χ2n) is 6.61. The monoisotopic (exact) mass is 444 g/mol. The lowest BCUT2D eigenvalue weighted by molar-refractivity contribution is -0.123. The van der Waals surface area contributed by atoms with Gasteiger partial charge in [0.1, 0.15) is 5.82 Å². The van der Waals surface area contributed by atoms with Gasteiger partial charge in [0.05, 0.1) is 25.2 Å². The van der Waals surface area contributed by atoms with Gasteiger partial charge in [0.15, 0.2) is 28.9 Å². The molecule has 0 unspecified atom stereocenters. The molecule has 0 saturated carbocycles. The Kier molecular flexibility index (Phi) is 8.34. The van der Waals surface area contributed by atoms with E-state index in [2.05, 4.69) is 39.5 Å². The summed E-state index contributed by atoms with van der Waals surface area (Å²) in [5.74, 6) is 2.58. The predicted octanol–water partition coefficient (Wildman–Crippen LogP) is 2.96. The number of nitrogens with zero attached hydrogens (tertiary/aromatic N) is 4. The zero-order chi connectivity index (χ0) is 22.1. The lowest BCUT2D eigenvalue weighted by Gasteiger charge is -2.11. The van der Waals surface area contributed by atoms with Gasteiger partial charge >= 0.3 is 0 Å². The molecule has 0 saturated heterocycles. The van der Waals surface area contributed by atoms with Gasteiger partial charge in [-0.3, -0.25) is 4.79 Å². The topological polar surface area (TPSA) is 103 Å². The highest BCUT2D eigenvalue weighted by Crippen LogP contribution is 2.26. The summed E-state index contributed by atoms with van der Waals surface area (Å²) in [6, 6.07) is 7.22. The highest BCUT2D eigenvalue weighted by molar-refractivity contribution is 7.99. The number of para-hydroxylation sites is 2. The number of rotatable bonds is 12. The van der Waals surface area contributed by atoms with E-state index in [4.69, 9.17) is 9.47 Å².